The van der Waals surface area contributed by atoms with Gasteiger partial charge in [-0.3, -0.25) is 4.99 Å². The molecular formula is C20H27FN4O2S. The molecule has 0 aliphatic carbocycles. The lowest BCUT2D eigenvalue weighted by Crippen LogP contribution is -2.43. The van der Waals surface area contributed by atoms with Crippen molar-refractivity contribution in [2.45, 2.75) is 53.1 Å². The molecule has 0 spiro atoms. The van der Waals surface area contributed by atoms with Crippen LogP contribution in [0, 0.1) is 5.82 Å². The maximum atomic E-state index is 14.3. The van der Waals surface area contributed by atoms with E-state index in [4.69, 9.17) is 4.74 Å². The Kier molecular flexibility index (Phi) is 7.51. The number of nitrogens with zero attached hydrogens (tertiary/aromatic N) is 3. The fraction of sp³-hybridized carbons (Fsp3) is 0.450. The molecule has 0 atom stereocenters. The Labute approximate surface area is 169 Å². The van der Waals surface area contributed by atoms with Crippen LogP contribution in [0.2, 0.25) is 0 Å². The average Bonchev–Trinajstić information content (AvgIpc) is 3.05. The minimum Gasteiger partial charge on any atom is -0.442 e. The number of halogens is 1. The predicted octanol–water partition coefficient (Wildman–Crippen LogP) is 5.58. The molecule has 2 rings (SSSR count). The van der Waals surface area contributed by atoms with Gasteiger partial charge < -0.3 is 10.2 Å². The molecule has 0 saturated heterocycles. The number of thiazole rings is 1. The SMILES string of the molecule is CCCN(NC=CC(CC)=Nc1cc2ncsc2cc1F)C(=O)OC(C)(C)C. The van der Waals surface area contributed by atoms with E-state index in [1.54, 1.807) is 23.9 Å². The van der Waals surface area contributed by atoms with Gasteiger partial charge in [0.15, 0.2) is 0 Å². The maximum Gasteiger partial charge on any atom is 0.429 e. The molecule has 1 N–H and O–H groups in total. The lowest BCUT2D eigenvalue weighted by Gasteiger charge is -2.26. The fourth-order valence-corrected chi connectivity index (χ4v) is 3.00. The summed E-state index contributed by atoms with van der Waals surface area (Å²) in [5.74, 6) is -0.384. The van der Waals surface area contributed by atoms with Gasteiger partial charge in [-0.2, -0.15) is 0 Å². The van der Waals surface area contributed by atoms with Crippen molar-refractivity contribution in [3.63, 3.8) is 0 Å². The average molecular weight is 407 g/mol. The zero-order valence-electron chi connectivity index (χ0n) is 17.0. The van der Waals surface area contributed by atoms with Crippen LogP contribution in [-0.4, -0.2) is 33.9 Å². The monoisotopic (exact) mass is 406 g/mol. The summed E-state index contributed by atoms with van der Waals surface area (Å²) >= 11 is 1.39. The molecule has 1 aromatic heterocycles. The van der Waals surface area contributed by atoms with Crippen LogP contribution in [0.4, 0.5) is 14.9 Å². The van der Waals surface area contributed by atoms with Crippen LogP contribution in [0.15, 0.2) is 34.9 Å². The van der Waals surface area contributed by atoms with Gasteiger partial charge in [-0.15, -0.1) is 11.3 Å². The Morgan fingerprint density at radius 3 is 2.79 bits per heavy atom. The summed E-state index contributed by atoms with van der Waals surface area (Å²) < 4.78 is 20.4. The van der Waals surface area contributed by atoms with Crippen molar-refractivity contribution in [2.24, 2.45) is 4.99 Å². The van der Waals surface area contributed by atoms with Gasteiger partial charge in [0.1, 0.15) is 17.1 Å². The second-order valence-electron chi connectivity index (χ2n) is 7.17. The number of fused-ring (bicyclic) bond motifs is 1. The number of nitrogens with one attached hydrogen (secondary N) is 1. The molecule has 6 nitrogen and oxygen atoms in total. The first kappa shape index (κ1) is 21.8. The van der Waals surface area contributed by atoms with Crippen LogP contribution in [-0.2, 0) is 4.74 Å². The van der Waals surface area contributed by atoms with Gasteiger partial charge in [0.2, 0.25) is 0 Å². The number of aliphatic imine (C=N–C) groups is 1. The number of rotatable bonds is 7. The zero-order valence-corrected chi connectivity index (χ0v) is 17.8. The Hall–Kier alpha value is -2.48. The number of ether oxygens (including phenoxy) is 1. The third-order valence-corrected chi connectivity index (χ3v) is 4.39. The highest BCUT2D eigenvalue weighted by atomic mass is 32.1. The summed E-state index contributed by atoms with van der Waals surface area (Å²) in [7, 11) is 0. The highest BCUT2D eigenvalue weighted by molar-refractivity contribution is 7.16. The van der Waals surface area contributed by atoms with Crippen molar-refractivity contribution < 1.29 is 13.9 Å². The fourth-order valence-electron chi connectivity index (χ4n) is 2.31. The van der Waals surface area contributed by atoms with Crippen molar-refractivity contribution >= 4 is 39.0 Å². The van der Waals surface area contributed by atoms with Gasteiger partial charge in [-0.25, -0.2) is 19.2 Å². The topological polar surface area (TPSA) is 66.8 Å². The van der Waals surface area contributed by atoms with Gasteiger partial charge in [-0.1, -0.05) is 13.8 Å². The first-order valence-corrected chi connectivity index (χ1v) is 10.1. The zero-order chi connectivity index (χ0) is 20.7. The van der Waals surface area contributed by atoms with Gasteiger partial charge in [-0.05, 0) is 51.8 Å². The molecule has 0 radical (unpaired) electrons. The van der Waals surface area contributed by atoms with E-state index in [2.05, 4.69) is 15.4 Å². The Balaban J connectivity index is 2.12. The second kappa shape index (κ2) is 9.64. The molecular weight excluding hydrogens is 379 g/mol. The maximum absolute atomic E-state index is 14.3. The number of hydrogen-bond acceptors (Lipinski definition) is 6. The molecule has 1 heterocycles. The third kappa shape index (κ3) is 6.30. The van der Waals surface area contributed by atoms with E-state index in [-0.39, 0.29) is 11.5 Å². The van der Waals surface area contributed by atoms with E-state index >= 15 is 0 Å². The van der Waals surface area contributed by atoms with Crippen LogP contribution in [0.1, 0.15) is 47.5 Å². The van der Waals surface area contributed by atoms with Gasteiger partial charge >= 0.3 is 6.09 Å². The van der Waals surface area contributed by atoms with Gasteiger partial charge in [0.05, 0.1) is 15.7 Å². The van der Waals surface area contributed by atoms with E-state index in [9.17, 15) is 9.18 Å². The summed E-state index contributed by atoms with van der Waals surface area (Å²) in [6.07, 6.45) is 4.26. The van der Waals surface area contributed by atoms with E-state index in [1.807, 2.05) is 34.6 Å². The smallest absolute Gasteiger partial charge is 0.429 e. The highest BCUT2D eigenvalue weighted by Gasteiger charge is 2.21. The molecule has 8 heteroatoms. The number of hydrazine groups is 1. The highest BCUT2D eigenvalue weighted by Crippen LogP contribution is 2.27. The first-order valence-electron chi connectivity index (χ1n) is 9.27. The quantitative estimate of drug-likeness (QED) is 0.481. The summed E-state index contributed by atoms with van der Waals surface area (Å²) in [6, 6.07) is 3.09. The first-order chi connectivity index (χ1) is 13.2. The van der Waals surface area contributed by atoms with Crippen LogP contribution in [0.3, 0.4) is 0 Å². The molecule has 1 amide bonds. The number of amides is 1. The summed E-state index contributed by atoms with van der Waals surface area (Å²) in [5.41, 5.74) is 5.67. The number of carbonyl (C=O) groups is 1. The van der Waals surface area contributed by atoms with E-state index in [0.717, 1.165) is 16.6 Å². The van der Waals surface area contributed by atoms with Crippen molar-refractivity contribution in [1.29, 1.82) is 0 Å². The third-order valence-electron chi connectivity index (χ3n) is 3.59. The van der Waals surface area contributed by atoms with Crippen molar-refractivity contribution in [1.82, 2.24) is 15.4 Å². The molecule has 0 bridgehead atoms. The van der Waals surface area contributed by atoms with Crippen LogP contribution in [0.25, 0.3) is 10.2 Å². The lowest BCUT2D eigenvalue weighted by molar-refractivity contribution is 0.0177. The lowest BCUT2D eigenvalue weighted by atomic mass is 10.2. The number of allylic oxidation sites excluding steroid dienone is 1. The molecule has 0 aliphatic rings. The van der Waals surface area contributed by atoms with Gasteiger partial charge in [0, 0.05) is 18.5 Å². The van der Waals surface area contributed by atoms with Crippen LogP contribution < -0.4 is 5.43 Å². The Morgan fingerprint density at radius 2 is 2.14 bits per heavy atom. The minimum atomic E-state index is -0.573. The van der Waals surface area contributed by atoms with Gasteiger partial charge in [0.25, 0.3) is 0 Å². The van der Waals surface area contributed by atoms with Crippen molar-refractivity contribution in [2.75, 3.05) is 6.54 Å². The summed E-state index contributed by atoms with van der Waals surface area (Å²) in [5, 5.41) is 1.40. The van der Waals surface area contributed by atoms with E-state index in [0.29, 0.717) is 18.7 Å². The minimum absolute atomic E-state index is 0.248. The van der Waals surface area contributed by atoms with Crippen molar-refractivity contribution in [3.05, 3.63) is 35.7 Å². The van der Waals surface area contributed by atoms with Crippen LogP contribution in [0.5, 0.6) is 0 Å². The molecule has 0 fully saturated rings. The summed E-state index contributed by atoms with van der Waals surface area (Å²) in [4.78, 5) is 20.9. The summed E-state index contributed by atoms with van der Waals surface area (Å²) in [6.45, 7) is 9.85. The molecule has 0 aliphatic heterocycles. The number of hydrogen-bond donors (Lipinski definition) is 1. The van der Waals surface area contributed by atoms with Crippen molar-refractivity contribution in [3.8, 4) is 0 Å². The van der Waals surface area contributed by atoms with E-state index < -0.39 is 11.7 Å². The molecule has 1 aromatic carbocycles. The molecule has 28 heavy (non-hydrogen) atoms. The predicted molar refractivity (Wildman–Crippen MR) is 112 cm³/mol. The number of benzene rings is 1. The normalized spacial score (nSPS) is 12.6. The largest absolute Gasteiger partial charge is 0.442 e. The molecule has 2 aromatic rings. The number of carbonyl (C=O) groups excluding carboxylic acids is 1. The number of aromatic nitrogens is 1. The molecule has 152 valence electrons. The molecule has 0 saturated carbocycles. The standard InChI is InChI=1S/C20H27FN4O2S/c1-6-10-25(19(26)27-20(3,4)5)23-9-8-14(7-2)24-16-12-17-18(11-15(16)21)28-13-22-17/h8-9,11-13,23H,6-7,10H2,1-5H3. The van der Waals surface area contributed by atoms with Crippen LogP contribution >= 0.6 is 11.3 Å². The van der Waals surface area contributed by atoms with E-state index in [1.165, 1.54) is 22.4 Å². The molecule has 0 unspecified atom stereocenters. The Bertz CT molecular complexity index is 871. The second-order valence-corrected chi connectivity index (χ2v) is 8.06. The Morgan fingerprint density at radius 1 is 1.39 bits per heavy atom.